The maximum absolute atomic E-state index is 5.44. The molecule has 0 bridgehead atoms. The zero-order valence-corrected chi connectivity index (χ0v) is 11.4. The topological polar surface area (TPSA) is 21.3 Å². The highest BCUT2D eigenvalue weighted by atomic mass is 32.2. The fraction of sp³-hybridized carbons (Fsp3) is 0.846. The first-order valence-corrected chi connectivity index (χ1v) is 7.65. The number of thioether (sulfide) groups is 1. The lowest BCUT2D eigenvalue weighted by Gasteiger charge is -2.24. The van der Waals surface area contributed by atoms with Gasteiger partial charge in [0.2, 0.25) is 0 Å². The van der Waals surface area contributed by atoms with Crippen LogP contribution in [0.4, 0.5) is 0 Å². The molecule has 0 saturated carbocycles. The third kappa shape index (κ3) is 5.26. The summed E-state index contributed by atoms with van der Waals surface area (Å²) in [7, 11) is 0. The molecule has 0 radical (unpaired) electrons. The molecule has 1 rings (SSSR count). The fourth-order valence-corrected chi connectivity index (χ4v) is 2.82. The molecule has 0 aromatic carbocycles. The Balaban J connectivity index is 2.38. The molecule has 1 aliphatic heterocycles. The van der Waals surface area contributed by atoms with Crippen molar-refractivity contribution in [1.82, 2.24) is 5.32 Å². The summed E-state index contributed by atoms with van der Waals surface area (Å²) in [5, 5.41) is 3.63. The Morgan fingerprint density at radius 3 is 2.94 bits per heavy atom. The summed E-state index contributed by atoms with van der Waals surface area (Å²) in [6.45, 7) is 6.46. The van der Waals surface area contributed by atoms with Gasteiger partial charge in [0.15, 0.2) is 0 Å². The van der Waals surface area contributed by atoms with Gasteiger partial charge in [-0.1, -0.05) is 13.8 Å². The van der Waals surface area contributed by atoms with Crippen LogP contribution in [0, 0.1) is 0 Å². The fourth-order valence-electron chi connectivity index (χ4n) is 1.80. The van der Waals surface area contributed by atoms with Gasteiger partial charge in [-0.3, -0.25) is 0 Å². The van der Waals surface area contributed by atoms with Gasteiger partial charge in [0.1, 0.15) is 0 Å². The summed E-state index contributed by atoms with van der Waals surface area (Å²) in [5.74, 6) is 2.45. The van der Waals surface area contributed by atoms with E-state index in [-0.39, 0.29) is 0 Å². The Morgan fingerprint density at radius 1 is 1.44 bits per heavy atom. The normalized spacial score (nSPS) is 17.8. The largest absolute Gasteiger partial charge is 0.501 e. The number of ether oxygens (including phenoxy) is 1. The van der Waals surface area contributed by atoms with Gasteiger partial charge in [-0.25, -0.2) is 0 Å². The summed E-state index contributed by atoms with van der Waals surface area (Å²) in [6.07, 6.45) is 6.83. The van der Waals surface area contributed by atoms with Crippen LogP contribution in [0.15, 0.2) is 11.8 Å². The molecule has 16 heavy (non-hydrogen) atoms. The van der Waals surface area contributed by atoms with E-state index in [0.29, 0.717) is 6.04 Å². The molecule has 0 aromatic rings. The second kappa shape index (κ2) is 8.94. The van der Waals surface area contributed by atoms with Gasteiger partial charge in [-0.2, -0.15) is 11.8 Å². The van der Waals surface area contributed by atoms with Crippen molar-refractivity contribution in [3.63, 3.8) is 0 Å². The van der Waals surface area contributed by atoms with E-state index >= 15 is 0 Å². The first-order valence-electron chi connectivity index (χ1n) is 6.50. The van der Waals surface area contributed by atoms with Crippen molar-refractivity contribution >= 4 is 11.8 Å². The summed E-state index contributed by atoms with van der Waals surface area (Å²) in [5.41, 5.74) is 1.46. The average Bonchev–Trinajstić information content (AvgIpc) is 2.35. The van der Waals surface area contributed by atoms with Gasteiger partial charge in [0.05, 0.1) is 12.9 Å². The monoisotopic (exact) mass is 243 g/mol. The van der Waals surface area contributed by atoms with E-state index in [0.717, 1.165) is 13.2 Å². The van der Waals surface area contributed by atoms with Gasteiger partial charge in [0, 0.05) is 11.8 Å². The van der Waals surface area contributed by atoms with E-state index < -0.39 is 0 Å². The third-order valence-electron chi connectivity index (χ3n) is 2.68. The molecule has 1 N–H and O–H groups in total. The van der Waals surface area contributed by atoms with Gasteiger partial charge in [-0.05, 0) is 43.6 Å². The molecule has 94 valence electrons. The van der Waals surface area contributed by atoms with Crippen LogP contribution >= 0.6 is 11.8 Å². The van der Waals surface area contributed by atoms with Gasteiger partial charge in [-0.15, -0.1) is 0 Å². The van der Waals surface area contributed by atoms with Gasteiger partial charge in [0.25, 0.3) is 0 Å². The predicted molar refractivity (Wildman–Crippen MR) is 73.0 cm³/mol. The Morgan fingerprint density at radius 2 is 2.31 bits per heavy atom. The molecule has 1 aliphatic rings. The molecule has 3 heteroatoms. The highest BCUT2D eigenvalue weighted by molar-refractivity contribution is 7.99. The second-order valence-electron chi connectivity index (χ2n) is 4.25. The van der Waals surface area contributed by atoms with Gasteiger partial charge < -0.3 is 10.1 Å². The van der Waals surface area contributed by atoms with Crippen LogP contribution in [0.1, 0.15) is 39.5 Å². The maximum atomic E-state index is 5.44. The molecule has 0 saturated heterocycles. The Kier molecular flexibility index (Phi) is 7.77. The van der Waals surface area contributed by atoms with Crippen LogP contribution in [0.2, 0.25) is 0 Å². The highest BCUT2D eigenvalue weighted by Crippen LogP contribution is 2.19. The molecule has 2 nitrogen and oxygen atoms in total. The van der Waals surface area contributed by atoms with Crippen molar-refractivity contribution in [3.05, 3.63) is 11.8 Å². The lowest BCUT2D eigenvalue weighted by Crippen LogP contribution is -2.35. The van der Waals surface area contributed by atoms with Crippen molar-refractivity contribution in [1.29, 1.82) is 0 Å². The molecule has 0 spiro atoms. The van der Waals surface area contributed by atoms with Crippen molar-refractivity contribution in [2.75, 3.05) is 24.7 Å². The molecule has 0 fully saturated rings. The van der Waals surface area contributed by atoms with Crippen LogP contribution in [-0.4, -0.2) is 30.7 Å². The minimum atomic E-state index is 0.525. The molecule has 1 unspecified atom stereocenters. The molecular formula is C13H25NOS. The molecule has 0 aromatic heterocycles. The summed E-state index contributed by atoms with van der Waals surface area (Å²) >= 11 is 2.05. The van der Waals surface area contributed by atoms with E-state index in [1.165, 1.54) is 42.8 Å². The lowest BCUT2D eigenvalue weighted by atomic mass is 10.0. The number of hydrogen-bond donors (Lipinski definition) is 1. The van der Waals surface area contributed by atoms with E-state index in [1.54, 1.807) is 0 Å². The van der Waals surface area contributed by atoms with Crippen LogP contribution in [0.3, 0.4) is 0 Å². The smallest absolute Gasteiger partial charge is 0.0876 e. The van der Waals surface area contributed by atoms with Crippen molar-refractivity contribution in [3.8, 4) is 0 Å². The number of rotatable bonds is 8. The van der Waals surface area contributed by atoms with Crippen molar-refractivity contribution in [2.45, 2.75) is 45.6 Å². The number of hydrogen-bond acceptors (Lipinski definition) is 3. The standard InChI is InChI=1S/C13H25NOS/c1-3-7-14-13(11-16-9-4-2)12-6-5-8-15-10-12/h10,13-14H,3-9,11H2,1-2H3. The van der Waals surface area contributed by atoms with Crippen LogP contribution < -0.4 is 5.32 Å². The molecule has 1 heterocycles. The molecule has 0 amide bonds. The highest BCUT2D eigenvalue weighted by Gasteiger charge is 2.16. The van der Waals surface area contributed by atoms with E-state index in [4.69, 9.17) is 4.74 Å². The van der Waals surface area contributed by atoms with Crippen molar-refractivity contribution in [2.24, 2.45) is 0 Å². The van der Waals surface area contributed by atoms with Crippen LogP contribution in [0.5, 0.6) is 0 Å². The van der Waals surface area contributed by atoms with Gasteiger partial charge >= 0.3 is 0 Å². The first-order chi connectivity index (χ1) is 7.88. The Labute approximate surface area is 104 Å². The summed E-state index contributed by atoms with van der Waals surface area (Å²) < 4.78 is 5.44. The minimum absolute atomic E-state index is 0.525. The van der Waals surface area contributed by atoms with E-state index in [2.05, 4.69) is 19.2 Å². The minimum Gasteiger partial charge on any atom is -0.501 e. The predicted octanol–water partition coefficient (Wildman–Crippen LogP) is 3.19. The van der Waals surface area contributed by atoms with Crippen molar-refractivity contribution < 1.29 is 4.74 Å². The molecule has 1 atom stereocenters. The summed E-state index contributed by atoms with van der Waals surface area (Å²) in [4.78, 5) is 0. The zero-order chi connectivity index (χ0) is 11.6. The van der Waals surface area contributed by atoms with E-state index in [9.17, 15) is 0 Å². The Hall–Kier alpha value is -0.150. The second-order valence-corrected chi connectivity index (χ2v) is 5.40. The summed E-state index contributed by atoms with van der Waals surface area (Å²) in [6, 6.07) is 0.525. The Bertz CT molecular complexity index is 206. The first kappa shape index (κ1) is 13.9. The molecule has 0 aliphatic carbocycles. The lowest BCUT2D eigenvalue weighted by molar-refractivity contribution is 0.220. The number of nitrogens with one attached hydrogen (secondary N) is 1. The van der Waals surface area contributed by atoms with E-state index in [1.807, 2.05) is 18.0 Å². The SMILES string of the molecule is CCCNC(CSCCC)C1=COCCC1. The molecular weight excluding hydrogens is 218 g/mol. The quantitative estimate of drug-likeness (QED) is 0.662. The maximum Gasteiger partial charge on any atom is 0.0876 e. The average molecular weight is 243 g/mol. The third-order valence-corrected chi connectivity index (χ3v) is 3.95. The van der Waals surface area contributed by atoms with Crippen LogP contribution in [0.25, 0.3) is 0 Å². The zero-order valence-electron chi connectivity index (χ0n) is 10.6. The van der Waals surface area contributed by atoms with Crippen LogP contribution in [-0.2, 0) is 4.74 Å².